The minimum Gasteiger partial charge on any atom is -0.444 e. The third-order valence-corrected chi connectivity index (χ3v) is 6.14. The van der Waals surface area contributed by atoms with Gasteiger partial charge in [0, 0.05) is 39.8 Å². The van der Waals surface area contributed by atoms with Crippen LogP contribution in [0.25, 0.3) is 0 Å². The molecule has 1 aromatic rings. The van der Waals surface area contributed by atoms with E-state index >= 15 is 0 Å². The number of aliphatic imine (C=N–C) groups is 1. The molecule has 0 aliphatic carbocycles. The summed E-state index contributed by atoms with van der Waals surface area (Å²) < 4.78 is 5.48. The fourth-order valence-electron chi connectivity index (χ4n) is 4.26. The number of benzene rings is 1. The smallest absolute Gasteiger partial charge is 0.410 e. The maximum atomic E-state index is 12.2. The monoisotopic (exact) mass is 443 g/mol. The third kappa shape index (κ3) is 8.01. The second-order valence-electron chi connectivity index (χ2n) is 10.0. The van der Waals surface area contributed by atoms with E-state index in [1.807, 2.05) is 25.7 Å². The first kappa shape index (κ1) is 24.4. The van der Waals surface area contributed by atoms with Gasteiger partial charge in [-0.3, -0.25) is 9.89 Å². The fraction of sp³-hybridized carbons (Fsp3) is 0.680. The van der Waals surface area contributed by atoms with Crippen LogP contribution in [0.2, 0.25) is 0 Å². The lowest BCUT2D eigenvalue weighted by atomic mass is 9.97. The van der Waals surface area contributed by atoms with Crippen LogP contribution in [0.15, 0.2) is 29.3 Å². The highest BCUT2D eigenvalue weighted by molar-refractivity contribution is 5.79. The molecule has 2 fully saturated rings. The quantitative estimate of drug-likeness (QED) is 0.519. The summed E-state index contributed by atoms with van der Waals surface area (Å²) in [5.41, 5.74) is 2.20. The summed E-state index contributed by atoms with van der Waals surface area (Å²) in [5.74, 6) is 1.35. The number of piperidine rings is 1. The number of guanidine groups is 1. The predicted molar refractivity (Wildman–Crippen MR) is 130 cm³/mol. The van der Waals surface area contributed by atoms with Crippen LogP contribution < -0.4 is 10.6 Å². The topological polar surface area (TPSA) is 69.2 Å². The summed E-state index contributed by atoms with van der Waals surface area (Å²) in [5, 5.41) is 6.86. The molecule has 1 amide bonds. The Balaban J connectivity index is 1.35. The Hall–Kier alpha value is -2.28. The van der Waals surface area contributed by atoms with Gasteiger partial charge in [0.05, 0.1) is 0 Å². The van der Waals surface area contributed by atoms with Crippen molar-refractivity contribution in [3.63, 3.8) is 0 Å². The number of amides is 1. The average Bonchev–Trinajstić information content (AvgIpc) is 3.27. The van der Waals surface area contributed by atoms with Gasteiger partial charge < -0.3 is 20.3 Å². The molecule has 0 unspecified atom stereocenters. The second kappa shape index (κ2) is 11.5. The molecule has 2 N–H and O–H groups in total. The largest absolute Gasteiger partial charge is 0.444 e. The molecule has 0 atom stereocenters. The molecule has 1 aromatic carbocycles. The predicted octanol–water partition coefficient (Wildman–Crippen LogP) is 3.59. The van der Waals surface area contributed by atoms with Crippen molar-refractivity contribution in [1.82, 2.24) is 20.4 Å². The van der Waals surface area contributed by atoms with Gasteiger partial charge in [0.15, 0.2) is 5.96 Å². The molecule has 0 radical (unpaired) electrons. The molecular formula is C25H41N5O2. The molecule has 2 saturated heterocycles. The summed E-state index contributed by atoms with van der Waals surface area (Å²) in [6.07, 6.45) is 4.41. The van der Waals surface area contributed by atoms with Crippen LogP contribution in [0.4, 0.5) is 4.79 Å². The number of rotatable bonds is 6. The van der Waals surface area contributed by atoms with E-state index in [2.05, 4.69) is 44.8 Å². The summed E-state index contributed by atoms with van der Waals surface area (Å²) in [6, 6.07) is 8.89. The van der Waals surface area contributed by atoms with Crippen LogP contribution in [-0.2, 0) is 17.8 Å². The molecule has 178 valence electrons. The van der Waals surface area contributed by atoms with Crippen molar-refractivity contribution >= 4 is 12.1 Å². The zero-order chi connectivity index (χ0) is 23.0. The van der Waals surface area contributed by atoms with E-state index in [1.54, 1.807) is 7.05 Å². The molecule has 0 bridgehead atoms. The summed E-state index contributed by atoms with van der Waals surface area (Å²) in [6.45, 7) is 12.3. The number of likely N-dealkylation sites (tertiary alicyclic amines) is 2. The van der Waals surface area contributed by atoms with Gasteiger partial charge >= 0.3 is 6.09 Å². The van der Waals surface area contributed by atoms with E-state index in [0.717, 1.165) is 51.5 Å². The number of nitrogens with one attached hydrogen (secondary N) is 2. The SMILES string of the molecule is CN=C(NCc1ccc(CN2CCCC2)cc1)NCC1CCN(C(=O)OC(C)(C)C)CC1. The Labute approximate surface area is 193 Å². The number of carbonyl (C=O) groups is 1. The normalized spacial score (nSPS) is 18.6. The van der Waals surface area contributed by atoms with Gasteiger partial charge in [-0.05, 0) is 76.6 Å². The van der Waals surface area contributed by atoms with Gasteiger partial charge in [-0.2, -0.15) is 0 Å². The highest BCUT2D eigenvalue weighted by Crippen LogP contribution is 2.19. The van der Waals surface area contributed by atoms with Crippen molar-refractivity contribution < 1.29 is 9.53 Å². The molecule has 0 aromatic heterocycles. The van der Waals surface area contributed by atoms with Crippen molar-refractivity contribution in [1.29, 1.82) is 0 Å². The first-order valence-corrected chi connectivity index (χ1v) is 12.0. The van der Waals surface area contributed by atoms with Gasteiger partial charge in [0.1, 0.15) is 5.60 Å². The lowest BCUT2D eigenvalue weighted by molar-refractivity contribution is 0.0185. The summed E-state index contributed by atoms with van der Waals surface area (Å²) in [4.78, 5) is 20.9. The number of ether oxygens (including phenoxy) is 1. The minimum atomic E-state index is -0.443. The van der Waals surface area contributed by atoms with Crippen molar-refractivity contribution in [2.24, 2.45) is 10.9 Å². The highest BCUT2D eigenvalue weighted by Gasteiger charge is 2.26. The third-order valence-electron chi connectivity index (χ3n) is 6.14. The molecule has 32 heavy (non-hydrogen) atoms. The zero-order valence-corrected chi connectivity index (χ0v) is 20.3. The van der Waals surface area contributed by atoms with Crippen LogP contribution >= 0.6 is 0 Å². The molecule has 7 nitrogen and oxygen atoms in total. The maximum absolute atomic E-state index is 12.2. The Morgan fingerprint density at radius 1 is 1.03 bits per heavy atom. The first-order valence-electron chi connectivity index (χ1n) is 12.0. The van der Waals surface area contributed by atoms with Crippen molar-refractivity contribution in [2.75, 3.05) is 39.8 Å². The molecular weight excluding hydrogens is 402 g/mol. The summed E-state index contributed by atoms with van der Waals surface area (Å²) >= 11 is 0. The van der Waals surface area contributed by atoms with Crippen LogP contribution in [-0.4, -0.2) is 67.2 Å². The molecule has 2 heterocycles. The van der Waals surface area contributed by atoms with Gasteiger partial charge in [0.2, 0.25) is 0 Å². The van der Waals surface area contributed by atoms with E-state index in [1.165, 1.54) is 37.1 Å². The van der Waals surface area contributed by atoms with Crippen LogP contribution in [0, 0.1) is 5.92 Å². The molecule has 2 aliphatic heterocycles. The zero-order valence-electron chi connectivity index (χ0n) is 20.3. The van der Waals surface area contributed by atoms with Gasteiger partial charge in [-0.1, -0.05) is 24.3 Å². The number of nitrogens with zero attached hydrogens (tertiary/aromatic N) is 3. The van der Waals surface area contributed by atoms with Crippen LogP contribution in [0.5, 0.6) is 0 Å². The Morgan fingerprint density at radius 3 is 2.25 bits per heavy atom. The van der Waals surface area contributed by atoms with E-state index < -0.39 is 5.60 Å². The van der Waals surface area contributed by atoms with Crippen molar-refractivity contribution in [3.05, 3.63) is 35.4 Å². The van der Waals surface area contributed by atoms with Gasteiger partial charge in [-0.25, -0.2) is 4.79 Å². The summed E-state index contributed by atoms with van der Waals surface area (Å²) in [7, 11) is 1.81. The first-order chi connectivity index (χ1) is 15.3. The number of hydrogen-bond donors (Lipinski definition) is 2. The molecule has 3 rings (SSSR count). The number of hydrogen-bond acceptors (Lipinski definition) is 4. The molecule has 2 aliphatic rings. The molecule has 0 saturated carbocycles. The van der Waals surface area contributed by atoms with E-state index in [-0.39, 0.29) is 6.09 Å². The number of carbonyl (C=O) groups excluding carboxylic acids is 1. The Bertz CT molecular complexity index is 743. The van der Waals surface area contributed by atoms with E-state index in [0.29, 0.717) is 5.92 Å². The van der Waals surface area contributed by atoms with Crippen molar-refractivity contribution in [3.8, 4) is 0 Å². The maximum Gasteiger partial charge on any atom is 0.410 e. The lowest BCUT2D eigenvalue weighted by Gasteiger charge is -2.33. The lowest BCUT2D eigenvalue weighted by Crippen LogP contribution is -2.45. The van der Waals surface area contributed by atoms with Crippen LogP contribution in [0.3, 0.4) is 0 Å². The van der Waals surface area contributed by atoms with Gasteiger partial charge in [0.25, 0.3) is 0 Å². The van der Waals surface area contributed by atoms with Gasteiger partial charge in [-0.15, -0.1) is 0 Å². The van der Waals surface area contributed by atoms with E-state index in [9.17, 15) is 4.79 Å². The van der Waals surface area contributed by atoms with E-state index in [4.69, 9.17) is 4.74 Å². The average molecular weight is 444 g/mol. The van der Waals surface area contributed by atoms with Crippen LogP contribution in [0.1, 0.15) is 57.6 Å². The standard InChI is InChI=1S/C25H41N5O2/c1-25(2,3)32-24(31)30-15-11-21(12-16-30)18-28-23(26-4)27-17-20-7-9-22(10-8-20)19-29-13-5-6-14-29/h7-10,21H,5-6,11-19H2,1-4H3,(H2,26,27,28). The molecule has 0 spiro atoms. The second-order valence-corrected chi connectivity index (χ2v) is 10.0. The highest BCUT2D eigenvalue weighted by atomic mass is 16.6. The van der Waals surface area contributed by atoms with Crippen molar-refractivity contribution in [2.45, 2.75) is 65.1 Å². The molecule has 7 heteroatoms. The minimum absolute atomic E-state index is 0.201. The fourth-order valence-corrected chi connectivity index (χ4v) is 4.26. The Morgan fingerprint density at radius 2 is 1.66 bits per heavy atom. The Kier molecular flexibility index (Phi) is 8.79.